The molecule has 1 saturated heterocycles. The molecule has 0 unspecified atom stereocenters. The van der Waals surface area contributed by atoms with Crippen molar-refractivity contribution in [1.29, 1.82) is 0 Å². The van der Waals surface area contributed by atoms with Crippen LogP contribution < -0.4 is 5.73 Å². The quantitative estimate of drug-likeness (QED) is 0.481. The molecular weight excluding hydrogens is 242 g/mol. The lowest BCUT2D eigenvalue weighted by molar-refractivity contribution is 0.0674. The predicted molar refractivity (Wildman–Crippen MR) is 75.1 cm³/mol. The van der Waals surface area contributed by atoms with E-state index >= 15 is 0 Å². The molecule has 0 radical (unpaired) electrons. The van der Waals surface area contributed by atoms with Crippen molar-refractivity contribution in [3.63, 3.8) is 0 Å². The van der Waals surface area contributed by atoms with Crippen LogP contribution in [-0.2, 0) is 11.3 Å². The van der Waals surface area contributed by atoms with Crippen molar-refractivity contribution in [1.82, 2.24) is 14.5 Å². The zero-order chi connectivity index (χ0) is 13.5. The summed E-state index contributed by atoms with van der Waals surface area (Å²) in [5, 5.41) is 0. The van der Waals surface area contributed by atoms with E-state index in [1.54, 1.807) is 0 Å². The van der Waals surface area contributed by atoms with E-state index in [1.165, 1.54) is 0 Å². The average Bonchev–Trinajstić information content (AvgIpc) is 2.85. The number of aromatic nitrogens is 2. The second-order valence-electron chi connectivity index (χ2n) is 4.71. The molecule has 0 aromatic carbocycles. The van der Waals surface area contributed by atoms with Gasteiger partial charge in [-0.3, -0.25) is 4.99 Å². The summed E-state index contributed by atoms with van der Waals surface area (Å²) in [6.07, 6.45) is 5.99. The van der Waals surface area contributed by atoms with Gasteiger partial charge in [0, 0.05) is 38.6 Å². The molecule has 2 heterocycles. The number of hydrogen-bond donors (Lipinski definition) is 1. The normalized spacial score (nSPS) is 16.9. The molecule has 2 rings (SSSR count). The van der Waals surface area contributed by atoms with Crippen LogP contribution in [0.1, 0.15) is 18.7 Å². The Balaban J connectivity index is 1.64. The first-order valence-corrected chi connectivity index (χ1v) is 6.88. The molecule has 0 saturated carbocycles. The minimum absolute atomic E-state index is 0.655. The van der Waals surface area contributed by atoms with Crippen molar-refractivity contribution >= 4 is 5.96 Å². The third-order valence-electron chi connectivity index (χ3n) is 3.34. The highest BCUT2D eigenvalue weighted by Crippen LogP contribution is 2.01. The summed E-state index contributed by atoms with van der Waals surface area (Å²) >= 11 is 0. The number of rotatable bonds is 5. The van der Waals surface area contributed by atoms with Gasteiger partial charge >= 0.3 is 0 Å². The molecule has 0 atom stereocenters. The summed E-state index contributed by atoms with van der Waals surface area (Å²) in [6.45, 7) is 7.00. The smallest absolute Gasteiger partial charge is 0.191 e. The third kappa shape index (κ3) is 4.24. The number of imidazole rings is 1. The monoisotopic (exact) mass is 265 g/mol. The van der Waals surface area contributed by atoms with Crippen molar-refractivity contribution in [2.75, 3.05) is 32.8 Å². The van der Waals surface area contributed by atoms with Crippen molar-refractivity contribution < 1.29 is 4.74 Å². The van der Waals surface area contributed by atoms with Gasteiger partial charge in [-0.25, -0.2) is 4.98 Å². The summed E-state index contributed by atoms with van der Waals surface area (Å²) < 4.78 is 7.45. The van der Waals surface area contributed by atoms with Gasteiger partial charge in [0.25, 0.3) is 0 Å². The summed E-state index contributed by atoms with van der Waals surface area (Å²) in [7, 11) is 0. The molecular formula is C13H23N5O. The Hall–Kier alpha value is -1.56. The Morgan fingerprint density at radius 3 is 2.89 bits per heavy atom. The first-order valence-electron chi connectivity index (χ1n) is 6.88. The maximum Gasteiger partial charge on any atom is 0.191 e. The van der Waals surface area contributed by atoms with Crippen molar-refractivity contribution in [2.45, 2.75) is 26.3 Å². The lowest BCUT2D eigenvalue weighted by Gasteiger charge is -2.27. The number of nitrogens with zero attached hydrogens (tertiary/aromatic N) is 4. The molecule has 0 amide bonds. The van der Waals surface area contributed by atoms with Crippen LogP contribution in [0.15, 0.2) is 17.4 Å². The summed E-state index contributed by atoms with van der Waals surface area (Å²) in [6, 6.07) is 0. The minimum atomic E-state index is 0.655. The zero-order valence-electron chi connectivity index (χ0n) is 11.6. The minimum Gasteiger partial charge on any atom is -0.378 e. The Morgan fingerprint density at radius 1 is 1.42 bits per heavy atom. The van der Waals surface area contributed by atoms with Crippen LogP contribution in [0.25, 0.3) is 0 Å². The van der Waals surface area contributed by atoms with E-state index in [2.05, 4.69) is 19.4 Å². The van der Waals surface area contributed by atoms with E-state index in [9.17, 15) is 0 Å². The molecule has 1 fully saturated rings. The zero-order valence-corrected chi connectivity index (χ0v) is 11.6. The van der Waals surface area contributed by atoms with E-state index in [0.717, 1.165) is 58.1 Å². The summed E-state index contributed by atoms with van der Waals surface area (Å²) in [5.74, 6) is 1.72. The molecule has 1 aromatic heterocycles. The van der Waals surface area contributed by atoms with Crippen LogP contribution in [0.5, 0.6) is 0 Å². The average molecular weight is 265 g/mol. The lowest BCUT2D eigenvalue weighted by atomic mass is 10.3. The number of aliphatic imine (C=N–C) groups is 1. The van der Waals surface area contributed by atoms with Gasteiger partial charge in [0.15, 0.2) is 5.96 Å². The highest BCUT2D eigenvalue weighted by Gasteiger charge is 2.11. The Bertz CT molecular complexity index is 409. The maximum atomic E-state index is 5.95. The second-order valence-corrected chi connectivity index (χ2v) is 4.71. The molecule has 1 aromatic rings. The van der Waals surface area contributed by atoms with Gasteiger partial charge in [0.2, 0.25) is 0 Å². The number of hydrogen-bond acceptors (Lipinski definition) is 3. The summed E-state index contributed by atoms with van der Waals surface area (Å²) in [4.78, 5) is 10.7. The molecule has 0 bridgehead atoms. The predicted octanol–water partition coefficient (Wildman–Crippen LogP) is 0.619. The lowest BCUT2D eigenvalue weighted by Crippen LogP contribution is -2.44. The second kappa shape index (κ2) is 7.13. The fraction of sp³-hybridized carbons (Fsp3) is 0.692. The van der Waals surface area contributed by atoms with E-state index in [4.69, 9.17) is 10.5 Å². The maximum absolute atomic E-state index is 5.95. The molecule has 1 aliphatic heterocycles. The highest BCUT2D eigenvalue weighted by atomic mass is 16.5. The summed E-state index contributed by atoms with van der Waals surface area (Å²) in [5.41, 5.74) is 5.95. The molecule has 106 valence electrons. The first-order chi connectivity index (χ1) is 9.27. The van der Waals surface area contributed by atoms with Gasteiger partial charge in [-0.1, -0.05) is 0 Å². The van der Waals surface area contributed by atoms with Crippen LogP contribution in [0.2, 0.25) is 0 Å². The van der Waals surface area contributed by atoms with Gasteiger partial charge in [-0.15, -0.1) is 0 Å². The van der Waals surface area contributed by atoms with Gasteiger partial charge < -0.3 is 19.9 Å². The van der Waals surface area contributed by atoms with Crippen LogP contribution in [0.3, 0.4) is 0 Å². The molecule has 0 aliphatic carbocycles. The number of nitrogens with two attached hydrogens (primary N) is 1. The SMILES string of the molecule is Cc1nccn1CCCCN=C(N)N1CCOCC1. The number of unbranched alkanes of at least 4 members (excludes halogenated alkanes) is 1. The van der Waals surface area contributed by atoms with Crippen molar-refractivity contribution in [3.8, 4) is 0 Å². The Labute approximate surface area is 114 Å². The first kappa shape index (κ1) is 13.9. The standard InChI is InChI=1S/C13H23N5O/c1-12-15-5-7-17(12)6-3-2-4-16-13(14)18-8-10-19-11-9-18/h5,7H,2-4,6,8-11H2,1H3,(H2,14,16). The number of ether oxygens (including phenoxy) is 1. The van der Waals surface area contributed by atoms with Crippen LogP contribution in [0.4, 0.5) is 0 Å². The number of aryl methyl sites for hydroxylation is 2. The fourth-order valence-electron chi connectivity index (χ4n) is 2.12. The molecule has 6 nitrogen and oxygen atoms in total. The molecule has 1 aliphatic rings. The van der Waals surface area contributed by atoms with Gasteiger partial charge in [-0.2, -0.15) is 0 Å². The fourth-order valence-corrected chi connectivity index (χ4v) is 2.12. The van der Waals surface area contributed by atoms with Crippen LogP contribution in [0, 0.1) is 6.92 Å². The van der Waals surface area contributed by atoms with Crippen molar-refractivity contribution in [3.05, 3.63) is 18.2 Å². The van der Waals surface area contributed by atoms with Crippen molar-refractivity contribution in [2.24, 2.45) is 10.7 Å². The number of morpholine rings is 1. The third-order valence-corrected chi connectivity index (χ3v) is 3.34. The molecule has 0 spiro atoms. The van der Waals surface area contributed by atoms with E-state index in [0.29, 0.717) is 5.96 Å². The van der Waals surface area contributed by atoms with Gasteiger partial charge in [0.05, 0.1) is 13.2 Å². The highest BCUT2D eigenvalue weighted by molar-refractivity contribution is 5.78. The van der Waals surface area contributed by atoms with Crippen LogP contribution in [-0.4, -0.2) is 53.3 Å². The van der Waals surface area contributed by atoms with E-state index < -0.39 is 0 Å². The van der Waals surface area contributed by atoms with Crippen LogP contribution >= 0.6 is 0 Å². The van der Waals surface area contributed by atoms with Gasteiger partial charge in [-0.05, 0) is 19.8 Å². The molecule has 19 heavy (non-hydrogen) atoms. The largest absolute Gasteiger partial charge is 0.378 e. The molecule has 2 N–H and O–H groups in total. The van der Waals surface area contributed by atoms with E-state index in [-0.39, 0.29) is 0 Å². The number of guanidine groups is 1. The topological polar surface area (TPSA) is 68.7 Å². The van der Waals surface area contributed by atoms with Gasteiger partial charge in [0.1, 0.15) is 5.82 Å². The Kier molecular flexibility index (Phi) is 5.20. The molecule has 6 heteroatoms. The Morgan fingerprint density at radius 2 is 2.21 bits per heavy atom. The van der Waals surface area contributed by atoms with E-state index in [1.807, 2.05) is 19.3 Å².